The summed E-state index contributed by atoms with van der Waals surface area (Å²) in [5.41, 5.74) is 0. The van der Waals surface area contributed by atoms with Crippen molar-refractivity contribution < 1.29 is 4.74 Å². The topological polar surface area (TPSA) is 33.0 Å². The van der Waals surface area contributed by atoms with Crippen molar-refractivity contribution in [1.29, 1.82) is 5.26 Å². The zero-order valence-corrected chi connectivity index (χ0v) is 8.91. The third-order valence-corrected chi connectivity index (χ3v) is 2.08. The first-order valence-electron chi connectivity index (χ1n) is 4.08. The number of ether oxygens (including phenoxy) is 1. The zero-order chi connectivity index (χ0) is 9.68. The van der Waals surface area contributed by atoms with Gasteiger partial charge in [0.05, 0.1) is 0 Å². The molecule has 0 aromatic heterocycles. The zero-order valence-electron chi connectivity index (χ0n) is 7.33. The highest BCUT2D eigenvalue weighted by atomic mass is 79.9. The molecule has 0 N–H and O–H groups in total. The summed E-state index contributed by atoms with van der Waals surface area (Å²) >= 11 is 3.33. The third-order valence-electron chi connectivity index (χ3n) is 1.59. The highest BCUT2D eigenvalue weighted by Gasteiger charge is 2.05. The van der Waals surface area contributed by atoms with Crippen LogP contribution in [0.2, 0.25) is 0 Å². The predicted octanol–water partition coefficient (Wildman–Crippen LogP) is 3.13. The van der Waals surface area contributed by atoms with Gasteiger partial charge in [-0.3, -0.25) is 0 Å². The van der Waals surface area contributed by atoms with Gasteiger partial charge in [-0.15, -0.1) is 0 Å². The highest BCUT2D eigenvalue weighted by Crippen LogP contribution is 2.19. The summed E-state index contributed by atoms with van der Waals surface area (Å²) in [6, 6.07) is 9.56. The van der Waals surface area contributed by atoms with Gasteiger partial charge in [-0.25, -0.2) is 0 Å². The van der Waals surface area contributed by atoms with Crippen LogP contribution in [0.25, 0.3) is 0 Å². The van der Waals surface area contributed by atoms with E-state index in [1.54, 1.807) is 0 Å². The van der Waals surface area contributed by atoms with Gasteiger partial charge >= 0.3 is 0 Å². The largest absolute Gasteiger partial charge is 0.476 e. The van der Waals surface area contributed by atoms with Crippen LogP contribution in [0.1, 0.15) is 13.3 Å². The van der Waals surface area contributed by atoms with Crippen LogP contribution in [0.15, 0.2) is 28.7 Å². The Morgan fingerprint density at radius 3 is 2.92 bits per heavy atom. The van der Waals surface area contributed by atoms with Crippen molar-refractivity contribution in [2.45, 2.75) is 19.4 Å². The number of halogens is 1. The summed E-state index contributed by atoms with van der Waals surface area (Å²) in [5.74, 6) is 0.725. The van der Waals surface area contributed by atoms with Crippen LogP contribution < -0.4 is 4.74 Å². The molecule has 2 nitrogen and oxygen atoms in total. The lowest BCUT2D eigenvalue weighted by atomic mass is 10.3. The molecule has 0 aliphatic heterocycles. The van der Waals surface area contributed by atoms with Gasteiger partial charge in [-0.05, 0) is 24.6 Å². The Balaban J connectivity index is 2.69. The number of hydrogen-bond acceptors (Lipinski definition) is 2. The van der Waals surface area contributed by atoms with Crippen LogP contribution in [0.5, 0.6) is 5.75 Å². The lowest BCUT2D eigenvalue weighted by Crippen LogP contribution is -2.11. The fourth-order valence-corrected chi connectivity index (χ4v) is 1.28. The van der Waals surface area contributed by atoms with Gasteiger partial charge < -0.3 is 4.74 Å². The fraction of sp³-hybridized carbons (Fsp3) is 0.300. The van der Waals surface area contributed by atoms with Crippen molar-refractivity contribution in [2.75, 3.05) is 0 Å². The van der Waals surface area contributed by atoms with Crippen LogP contribution in [0.4, 0.5) is 0 Å². The molecular formula is C10H10BrNO. The molecule has 1 aromatic rings. The Bertz CT molecular complexity index is 319. The van der Waals surface area contributed by atoms with Crippen molar-refractivity contribution in [1.82, 2.24) is 0 Å². The maximum Gasteiger partial charge on any atom is 0.184 e. The Morgan fingerprint density at radius 2 is 2.38 bits per heavy atom. The first-order valence-corrected chi connectivity index (χ1v) is 4.87. The highest BCUT2D eigenvalue weighted by molar-refractivity contribution is 9.10. The monoisotopic (exact) mass is 239 g/mol. The molecule has 13 heavy (non-hydrogen) atoms. The van der Waals surface area contributed by atoms with Crippen molar-refractivity contribution in [2.24, 2.45) is 0 Å². The van der Waals surface area contributed by atoms with E-state index in [1.165, 1.54) is 0 Å². The molecule has 0 bridgehead atoms. The molecule has 1 rings (SSSR count). The average molecular weight is 240 g/mol. The summed E-state index contributed by atoms with van der Waals surface area (Å²) in [6.07, 6.45) is 0.345. The van der Waals surface area contributed by atoms with Crippen LogP contribution in [-0.4, -0.2) is 6.10 Å². The van der Waals surface area contributed by atoms with Gasteiger partial charge in [-0.2, -0.15) is 5.26 Å². The van der Waals surface area contributed by atoms with Gasteiger partial charge in [0.1, 0.15) is 11.8 Å². The molecule has 0 radical (unpaired) electrons. The maximum atomic E-state index is 8.67. The number of nitriles is 1. The second-order valence-corrected chi connectivity index (χ2v) is 3.52. The molecule has 0 aliphatic carbocycles. The number of nitrogens with zero attached hydrogens (tertiary/aromatic N) is 1. The Kier molecular flexibility index (Phi) is 3.78. The maximum absolute atomic E-state index is 8.67. The summed E-state index contributed by atoms with van der Waals surface area (Å²) < 4.78 is 6.36. The smallest absolute Gasteiger partial charge is 0.184 e. The molecule has 68 valence electrons. The van der Waals surface area contributed by atoms with Crippen LogP contribution >= 0.6 is 15.9 Å². The number of benzene rings is 1. The molecule has 3 heteroatoms. The molecule has 1 unspecified atom stereocenters. The number of hydrogen-bond donors (Lipinski definition) is 0. The molecule has 0 amide bonds. The summed E-state index contributed by atoms with van der Waals surface area (Å²) in [4.78, 5) is 0. The minimum absolute atomic E-state index is 0.353. The molecule has 0 fully saturated rings. The second kappa shape index (κ2) is 4.88. The summed E-state index contributed by atoms with van der Waals surface area (Å²) in [5, 5.41) is 8.67. The summed E-state index contributed by atoms with van der Waals surface area (Å²) in [6.45, 7) is 1.92. The molecule has 1 atom stereocenters. The molecule has 1 aromatic carbocycles. The lowest BCUT2D eigenvalue weighted by molar-refractivity contribution is 0.252. The van der Waals surface area contributed by atoms with Gasteiger partial charge in [0, 0.05) is 4.47 Å². The number of rotatable bonds is 3. The normalized spacial score (nSPS) is 11.8. The van der Waals surface area contributed by atoms with Gasteiger partial charge in [0.25, 0.3) is 0 Å². The average Bonchev–Trinajstić information content (AvgIpc) is 2.14. The van der Waals surface area contributed by atoms with Crippen LogP contribution in [0.3, 0.4) is 0 Å². The van der Waals surface area contributed by atoms with E-state index in [-0.39, 0.29) is 6.10 Å². The Morgan fingerprint density at radius 1 is 1.62 bits per heavy atom. The fourth-order valence-electron chi connectivity index (χ4n) is 0.906. The second-order valence-electron chi connectivity index (χ2n) is 2.60. The lowest BCUT2D eigenvalue weighted by Gasteiger charge is -2.09. The van der Waals surface area contributed by atoms with Crippen molar-refractivity contribution >= 4 is 15.9 Å². The Hall–Kier alpha value is -1.01. The van der Waals surface area contributed by atoms with E-state index in [9.17, 15) is 0 Å². The standard InChI is InChI=1S/C10H10BrNO/c1-2-9(7-12)13-10-5-3-4-8(11)6-10/h3-6,9H,2H2,1H3. The quantitative estimate of drug-likeness (QED) is 0.813. The SMILES string of the molecule is CCC(C#N)Oc1cccc(Br)c1. The summed E-state index contributed by atoms with van der Waals surface area (Å²) in [7, 11) is 0. The van der Waals surface area contributed by atoms with Crippen molar-refractivity contribution in [3.8, 4) is 11.8 Å². The predicted molar refractivity (Wildman–Crippen MR) is 54.5 cm³/mol. The van der Waals surface area contributed by atoms with E-state index < -0.39 is 0 Å². The van der Waals surface area contributed by atoms with E-state index in [0.29, 0.717) is 6.42 Å². The minimum atomic E-state index is -0.353. The molecule has 0 saturated heterocycles. The van der Waals surface area contributed by atoms with E-state index >= 15 is 0 Å². The van der Waals surface area contributed by atoms with E-state index in [1.807, 2.05) is 31.2 Å². The molecule has 0 aliphatic rings. The molecule has 0 spiro atoms. The molecule has 0 heterocycles. The first-order chi connectivity index (χ1) is 6.26. The van der Waals surface area contributed by atoms with Gasteiger partial charge in [0.2, 0.25) is 0 Å². The van der Waals surface area contributed by atoms with Gasteiger partial charge in [-0.1, -0.05) is 28.9 Å². The van der Waals surface area contributed by atoms with Crippen LogP contribution in [-0.2, 0) is 0 Å². The minimum Gasteiger partial charge on any atom is -0.476 e. The van der Waals surface area contributed by atoms with Crippen LogP contribution in [0, 0.1) is 11.3 Å². The van der Waals surface area contributed by atoms with Crippen molar-refractivity contribution in [3.63, 3.8) is 0 Å². The Labute approximate surface area is 86.3 Å². The molecule has 0 saturated carbocycles. The van der Waals surface area contributed by atoms with E-state index in [2.05, 4.69) is 22.0 Å². The van der Waals surface area contributed by atoms with E-state index in [0.717, 1.165) is 10.2 Å². The third kappa shape index (κ3) is 3.08. The molecular weight excluding hydrogens is 230 g/mol. The van der Waals surface area contributed by atoms with Crippen molar-refractivity contribution in [3.05, 3.63) is 28.7 Å². The van der Waals surface area contributed by atoms with Gasteiger partial charge in [0.15, 0.2) is 6.10 Å². The first kappa shape index (κ1) is 10.1. The van der Waals surface area contributed by atoms with E-state index in [4.69, 9.17) is 10.00 Å².